The fraction of sp³-hybridized carbons (Fsp3) is 0.350. The van der Waals surface area contributed by atoms with E-state index in [1.807, 2.05) is 24.3 Å². The van der Waals surface area contributed by atoms with Crippen molar-refractivity contribution in [2.75, 3.05) is 5.32 Å². The lowest BCUT2D eigenvalue weighted by Gasteiger charge is -2.22. The van der Waals surface area contributed by atoms with Gasteiger partial charge in [0.05, 0.1) is 5.75 Å². The fourth-order valence-corrected chi connectivity index (χ4v) is 4.16. The number of carbonyl (C=O) groups is 1. The molecule has 0 bridgehead atoms. The highest BCUT2D eigenvalue weighted by molar-refractivity contribution is 7.88. The number of amides is 1. The molecule has 1 saturated carbocycles. The van der Waals surface area contributed by atoms with Gasteiger partial charge in [0.15, 0.2) is 0 Å². The Morgan fingerprint density at radius 2 is 1.73 bits per heavy atom. The molecule has 0 aliphatic heterocycles. The second kappa shape index (κ2) is 8.01. The maximum Gasteiger partial charge on any atom is 0.255 e. The van der Waals surface area contributed by atoms with Crippen molar-refractivity contribution in [2.24, 2.45) is 5.14 Å². The third-order valence-corrected chi connectivity index (χ3v) is 5.54. The largest absolute Gasteiger partial charge is 0.322 e. The average molecular weight is 372 g/mol. The van der Waals surface area contributed by atoms with E-state index in [1.54, 1.807) is 24.3 Å². The second-order valence-electron chi connectivity index (χ2n) is 6.92. The van der Waals surface area contributed by atoms with Crippen LogP contribution in [0.4, 0.5) is 5.69 Å². The molecule has 3 rings (SSSR count). The first kappa shape index (κ1) is 18.6. The maximum absolute atomic E-state index is 12.4. The lowest BCUT2D eigenvalue weighted by molar-refractivity contribution is 0.102. The summed E-state index contributed by atoms with van der Waals surface area (Å²) in [6.07, 6.45) is 6.33. The molecule has 1 aliphatic carbocycles. The molecule has 5 nitrogen and oxygen atoms in total. The van der Waals surface area contributed by atoms with Gasteiger partial charge in [-0.1, -0.05) is 43.5 Å². The normalized spacial score (nSPS) is 15.6. The van der Waals surface area contributed by atoms with Gasteiger partial charge in [-0.25, -0.2) is 13.6 Å². The molecule has 0 spiro atoms. The molecule has 6 heteroatoms. The highest BCUT2D eigenvalue weighted by Gasteiger charge is 2.16. The molecule has 2 aromatic rings. The smallest absolute Gasteiger partial charge is 0.255 e. The molecule has 0 radical (unpaired) electrons. The zero-order chi connectivity index (χ0) is 18.6. The number of carbonyl (C=O) groups excluding carboxylic acids is 1. The SMILES string of the molecule is NS(=O)(=O)Cc1cccc(NC(=O)c2ccc(C3CCCCC3)cc2)c1. The van der Waals surface area contributed by atoms with E-state index in [0.29, 0.717) is 22.7 Å². The average Bonchev–Trinajstić information content (AvgIpc) is 2.61. The number of rotatable bonds is 5. The molecule has 2 aromatic carbocycles. The number of anilines is 1. The zero-order valence-corrected chi connectivity index (χ0v) is 15.5. The van der Waals surface area contributed by atoms with Gasteiger partial charge in [-0.2, -0.15) is 0 Å². The van der Waals surface area contributed by atoms with Gasteiger partial charge in [0, 0.05) is 11.3 Å². The minimum Gasteiger partial charge on any atom is -0.322 e. The summed E-state index contributed by atoms with van der Waals surface area (Å²) < 4.78 is 22.4. The Kier molecular flexibility index (Phi) is 5.74. The topological polar surface area (TPSA) is 89.3 Å². The summed E-state index contributed by atoms with van der Waals surface area (Å²) in [5.41, 5.74) is 2.98. The molecular formula is C20H24N2O3S. The van der Waals surface area contributed by atoms with Crippen LogP contribution in [0.15, 0.2) is 48.5 Å². The predicted octanol–water partition coefficient (Wildman–Crippen LogP) is 3.78. The van der Waals surface area contributed by atoms with Crippen molar-refractivity contribution in [2.45, 2.75) is 43.8 Å². The highest BCUT2D eigenvalue weighted by atomic mass is 32.2. The molecular weight excluding hydrogens is 348 g/mol. The van der Waals surface area contributed by atoms with E-state index in [0.717, 1.165) is 0 Å². The number of hydrogen-bond donors (Lipinski definition) is 2. The molecule has 0 saturated heterocycles. The second-order valence-corrected chi connectivity index (χ2v) is 8.53. The number of primary sulfonamides is 1. The highest BCUT2D eigenvalue weighted by Crippen LogP contribution is 2.32. The Bertz CT molecular complexity index is 870. The Labute approximate surface area is 154 Å². The predicted molar refractivity (Wildman–Crippen MR) is 103 cm³/mol. The van der Waals surface area contributed by atoms with E-state index >= 15 is 0 Å². The molecule has 26 heavy (non-hydrogen) atoms. The number of nitrogens with two attached hydrogens (primary N) is 1. The van der Waals surface area contributed by atoms with Crippen molar-refractivity contribution in [3.05, 3.63) is 65.2 Å². The van der Waals surface area contributed by atoms with Crippen LogP contribution >= 0.6 is 0 Å². The summed E-state index contributed by atoms with van der Waals surface area (Å²) >= 11 is 0. The first-order valence-corrected chi connectivity index (χ1v) is 10.6. The van der Waals surface area contributed by atoms with Gasteiger partial charge in [-0.15, -0.1) is 0 Å². The fourth-order valence-electron chi connectivity index (χ4n) is 3.52. The summed E-state index contributed by atoms with van der Waals surface area (Å²) in [7, 11) is -3.60. The van der Waals surface area contributed by atoms with Crippen LogP contribution in [0.5, 0.6) is 0 Å². The van der Waals surface area contributed by atoms with Crippen molar-refractivity contribution in [3.8, 4) is 0 Å². The van der Waals surface area contributed by atoms with Crippen molar-refractivity contribution in [1.82, 2.24) is 0 Å². The summed E-state index contributed by atoms with van der Waals surface area (Å²) in [5.74, 6) is 0.135. The van der Waals surface area contributed by atoms with Crippen LogP contribution in [-0.4, -0.2) is 14.3 Å². The van der Waals surface area contributed by atoms with Crippen LogP contribution in [0.2, 0.25) is 0 Å². The number of sulfonamides is 1. The minimum absolute atomic E-state index is 0.215. The Hall–Kier alpha value is -2.18. The van der Waals surface area contributed by atoms with Crippen molar-refractivity contribution in [1.29, 1.82) is 0 Å². The number of nitrogens with one attached hydrogen (secondary N) is 1. The van der Waals surface area contributed by atoms with Gasteiger partial charge in [0.1, 0.15) is 0 Å². The quantitative estimate of drug-likeness (QED) is 0.837. The summed E-state index contributed by atoms with van der Waals surface area (Å²) in [4.78, 5) is 12.4. The summed E-state index contributed by atoms with van der Waals surface area (Å²) in [6, 6.07) is 14.5. The van der Waals surface area contributed by atoms with Gasteiger partial charge < -0.3 is 5.32 Å². The van der Waals surface area contributed by atoms with Crippen LogP contribution in [-0.2, 0) is 15.8 Å². The van der Waals surface area contributed by atoms with E-state index < -0.39 is 10.0 Å². The van der Waals surface area contributed by atoms with Crippen LogP contribution in [0.1, 0.15) is 59.5 Å². The molecule has 1 amide bonds. The third-order valence-electron chi connectivity index (χ3n) is 4.80. The standard InChI is InChI=1S/C20H24N2O3S/c21-26(24,25)14-15-5-4-8-19(13-15)22-20(23)18-11-9-17(10-12-18)16-6-2-1-3-7-16/h4-5,8-13,16H,1-3,6-7,14H2,(H,22,23)(H2,21,24,25). The summed E-state index contributed by atoms with van der Waals surface area (Å²) in [5, 5.41) is 7.88. The van der Waals surface area contributed by atoms with Crippen LogP contribution in [0, 0.1) is 0 Å². The van der Waals surface area contributed by atoms with E-state index in [9.17, 15) is 13.2 Å². The first-order valence-electron chi connectivity index (χ1n) is 8.91. The molecule has 0 atom stereocenters. The van der Waals surface area contributed by atoms with Gasteiger partial charge >= 0.3 is 0 Å². The lowest BCUT2D eigenvalue weighted by atomic mass is 9.84. The van der Waals surface area contributed by atoms with Gasteiger partial charge in [0.25, 0.3) is 5.91 Å². The van der Waals surface area contributed by atoms with Gasteiger partial charge in [-0.3, -0.25) is 4.79 Å². The molecule has 138 valence electrons. The molecule has 3 N–H and O–H groups in total. The Morgan fingerprint density at radius 3 is 2.38 bits per heavy atom. The Morgan fingerprint density at radius 1 is 1.04 bits per heavy atom. The minimum atomic E-state index is -3.60. The molecule has 0 heterocycles. The van der Waals surface area contributed by atoms with Crippen LogP contribution in [0.3, 0.4) is 0 Å². The molecule has 0 aromatic heterocycles. The van der Waals surface area contributed by atoms with Gasteiger partial charge in [0.2, 0.25) is 10.0 Å². The van der Waals surface area contributed by atoms with E-state index in [-0.39, 0.29) is 11.7 Å². The first-order chi connectivity index (χ1) is 12.4. The number of hydrogen-bond acceptors (Lipinski definition) is 3. The van der Waals surface area contributed by atoms with E-state index in [1.165, 1.54) is 37.7 Å². The molecule has 0 unspecified atom stereocenters. The maximum atomic E-state index is 12.4. The Balaban J connectivity index is 1.67. The molecule has 1 fully saturated rings. The van der Waals surface area contributed by atoms with E-state index in [2.05, 4.69) is 5.32 Å². The third kappa shape index (κ3) is 5.16. The monoisotopic (exact) mass is 372 g/mol. The van der Waals surface area contributed by atoms with Crippen LogP contribution in [0.25, 0.3) is 0 Å². The zero-order valence-electron chi connectivity index (χ0n) is 14.6. The van der Waals surface area contributed by atoms with Crippen molar-refractivity contribution < 1.29 is 13.2 Å². The van der Waals surface area contributed by atoms with Crippen molar-refractivity contribution in [3.63, 3.8) is 0 Å². The van der Waals surface area contributed by atoms with Gasteiger partial charge in [-0.05, 0) is 54.2 Å². The molecule has 1 aliphatic rings. The lowest BCUT2D eigenvalue weighted by Crippen LogP contribution is -2.15. The van der Waals surface area contributed by atoms with Crippen LogP contribution < -0.4 is 10.5 Å². The summed E-state index contributed by atoms with van der Waals surface area (Å²) in [6.45, 7) is 0. The number of benzene rings is 2. The van der Waals surface area contributed by atoms with Crippen molar-refractivity contribution >= 4 is 21.6 Å². The van der Waals surface area contributed by atoms with E-state index in [4.69, 9.17) is 5.14 Å².